The van der Waals surface area contributed by atoms with Gasteiger partial charge in [0, 0.05) is 26.3 Å². The van der Waals surface area contributed by atoms with Crippen LogP contribution in [0.5, 0.6) is 0 Å². The fourth-order valence-electron chi connectivity index (χ4n) is 2.75. The molecule has 0 aromatic carbocycles. The molecule has 0 aromatic rings. The zero-order valence-electron chi connectivity index (χ0n) is 11.4. The number of halogens is 1. The molecule has 2 aliphatic rings. The number of amides is 1. The molecule has 2 N–H and O–H groups in total. The fraction of sp³-hybridized carbons (Fsp3) is 0.923. The van der Waals surface area contributed by atoms with Crippen molar-refractivity contribution in [1.29, 1.82) is 0 Å². The van der Waals surface area contributed by atoms with Gasteiger partial charge in [-0.1, -0.05) is 13.8 Å². The van der Waals surface area contributed by atoms with Crippen molar-refractivity contribution in [3.05, 3.63) is 0 Å². The topological polar surface area (TPSA) is 55.6 Å². The number of hydrogen-bond acceptors (Lipinski definition) is 3. The fourth-order valence-corrected chi connectivity index (χ4v) is 2.75. The van der Waals surface area contributed by atoms with E-state index in [1.54, 1.807) is 0 Å². The van der Waals surface area contributed by atoms with Crippen LogP contribution >= 0.6 is 12.4 Å². The minimum absolute atomic E-state index is 0. The molecule has 0 radical (unpaired) electrons. The van der Waals surface area contributed by atoms with Crippen molar-refractivity contribution in [3.8, 4) is 0 Å². The average Bonchev–Trinajstić information content (AvgIpc) is 2.73. The van der Waals surface area contributed by atoms with Gasteiger partial charge in [0.15, 0.2) is 0 Å². The lowest BCUT2D eigenvalue weighted by Crippen LogP contribution is -2.57. The van der Waals surface area contributed by atoms with Gasteiger partial charge in [0.25, 0.3) is 0 Å². The van der Waals surface area contributed by atoms with Crippen LogP contribution in [0, 0.1) is 5.41 Å². The van der Waals surface area contributed by atoms with Crippen molar-refractivity contribution in [1.82, 2.24) is 4.90 Å². The summed E-state index contributed by atoms with van der Waals surface area (Å²) in [7, 11) is 0. The lowest BCUT2D eigenvalue weighted by molar-refractivity contribution is -0.139. The Morgan fingerprint density at radius 3 is 2.44 bits per heavy atom. The maximum absolute atomic E-state index is 12.5. The Kier molecular flexibility index (Phi) is 5.04. The number of carbonyl (C=O) groups excluding carboxylic acids is 1. The summed E-state index contributed by atoms with van der Waals surface area (Å²) in [6.07, 6.45) is 3.54. The number of rotatable bonds is 2. The van der Waals surface area contributed by atoms with Crippen LogP contribution in [-0.2, 0) is 9.53 Å². The van der Waals surface area contributed by atoms with Crippen molar-refractivity contribution in [2.24, 2.45) is 11.1 Å². The van der Waals surface area contributed by atoms with Gasteiger partial charge in [0.05, 0.1) is 5.54 Å². The second kappa shape index (κ2) is 5.76. The molecule has 2 rings (SSSR count). The second-order valence-corrected chi connectivity index (χ2v) is 5.91. The first-order chi connectivity index (χ1) is 7.99. The SMILES string of the molecule is CCC1(C)CCN(C(=O)C2(N)CCOCC2)C1.Cl. The molecule has 4 nitrogen and oxygen atoms in total. The van der Waals surface area contributed by atoms with E-state index in [4.69, 9.17) is 10.5 Å². The summed E-state index contributed by atoms with van der Waals surface area (Å²) in [5.74, 6) is 0.137. The van der Waals surface area contributed by atoms with Crippen molar-refractivity contribution >= 4 is 18.3 Å². The van der Waals surface area contributed by atoms with Crippen LogP contribution in [0.2, 0.25) is 0 Å². The summed E-state index contributed by atoms with van der Waals surface area (Å²) in [6.45, 7) is 7.40. The van der Waals surface area contributed by atoms with Gasteiger partial charge in [0.2, 0.25) is 5.91 Å². The van der Waals surface area contributed by atoms with Gasteiger partial charge in [0.1, 0.15) is 0 Å². The zero-order chi connectivity index (χ0) is 12.5. The van der Waals surface area contributed by atoms with Gasteiger partial charge < -0.3 is 15.4 Å². The first-order valence-corrected chi connectivity index (χ1v) is 6.65. The summed E-state index contributed by atoms with van der Waals surface area (Å²) in [6, 6.07) is 0. The molecule has 0 aliphatic carbocycles. The number of likely N-dealkylation sites (tertiary alicyclic amines) is 1. The Balaban J connectivity index is 0.00000162. The first-order valence-electron chi connectivity index (χ1n) is 6.65. The maximum Gasteiger partial charge on any atom is 0.242 e. The van der Waals surface area contributed by atoms with Gasteiger partial charge in [-0.3, -0.25) is 4.79 Å². The first kappa shape index (κ1) is 15.7. The third-order valence-corrected chi connectivity index (χ3v) is 4.51. The molecule has 2 aliphatic heterocycles. The highest BCUT2D eigenvalue weighted by Gasteiger charge is 2.43. The van der Waals surface area contributed by atoms with E-state index in [0.29, 0.717) is 26.1 Å². The van der Waals surface area contributed by atoms with Crippen LogP contribution in [0.4, 0.5) is 0 Å². The number of hydrogen-bond donors (Lipinski definition) is 1. The molecule has 2 fully saturated rings. The summed E-state index contributed by atoms with van der Waals surface area (Å²) in [5.41, 5.74) is 5.86. The van der Waals surface area contributed by atoms with E-state index in [2.05, 4.69) is 13.8 Å². The predicted octanol–water partition coefficient (Wildman–Crippen LogP) is 1.56. The number of nitrogens with zero attached hydrogens (tertiary/aromatic N) is 1. The number of ether oxygens (including phenoxy) is 1. The van der Waals surface area contributed by atoms with Gasteiger partial charge in [-0.25, -0.2) is 0 Å². The van der Waals surface area contributed by atoms with Crippen LogP contribution in [0.1, 0.15) is 39.5 Å². The van der Waals surface area contributed by atoms with E-state index in [9.17, 15) is 4.79 Å². The summed E-state index contributed by atoms with van der Waals surface area (Å²) < 4.78 is 5.29. The third-order valence-electron chi connectivity index (χ3n) is 4.51. The lowest BCUT2D eigenvalue weighted by atomic mass is 9.86. The molecule has 1 atom stereocenters. The number of nitrogens with two attached hydrogens (primary N) is 1. The molecule has 2 heterocycles. The van der Waals surface area contributed by atoms with Crippen LogP contribution in [-0.4, -0.2) is 42.6 Å². The Morgan fingerprint density at radius 2 is 1.94 bits per heavy atom. The van der Waals surface area contributed by atoms with E-state index < -0.39 is 5.54 Å². The van der Waals surface area contributed by atoms with E-state index in [1.807, 2.05) is 4.90 Å². The third kappa shape index (κ3) is 2.98. The van der Waals surface area contributed by atoms with Gasteiger partial charge in [-0.05, 0) is 31.1 Å². The Hall–Kier alpha value is -0.320. The number of carbonyl (C=O) groups is 1. The Labute approximate surface area is 116 Å². The van der Waals surface area contributed by atoms with Crippen molar-refractivity contribution in [2.75, 3.05) is 26.3 Å². The molecular weight excluding hydrogens is 252 g/mol. The molecule has 0 bridgehead atoms. The summed E-state index contributed by atoms with van der Waals surface area (Å²) in [5, 5.41) is 0. The predicted molar refractivity (Wildman–Crippen MR) is 73.8 cm³/mol. The summed E-state index contributed by atoms with van der Waals surface area (Å²) in [4.78, 5) is 14.4. The molecule has 0 spiro atoms. The van der Waals surface area contributed by atoms with Gasteiger partial charge in [-0.2, -0.15) is 0 Å². The smallest absolute Gasteiger partial charge is 0.242 e. The average molecular weight is 277 g/mol. The van der Waals surface area contributed by atoms with Crippen LogP contribution in [0.15, 0.2) is 0 Å². The minimum atomic E-state index is -0.669. The molecule has 2 saturated heterocycles. The quantitative estimate of drug-likeness (QED) is 0.833. The highest BCUT2D eigenvalue weighted by atomic mass is 35.5. The zero-order valence-corrected chi connectivity index (χ0v) is 12.2. The molecule has 1 unspecified atom stereocenters. The maximum atomic E-state index is 12.5. The molecule has 0 aromatic heterocycles. The summed E-state index contributed by atoms with van der Waals surface area (Å²) >= 11 is 0. The van der Waals surface area contributed by atoms with Crippen molar-refractivity contribution < 1.29 is 9.53 Å². The molecule has 1 amide bonds. The normalized spacial score (nSPS) is 30.9. The monoisotopic (exact) mass is 276 g/mol. The van der Waals surface area contributed by atoms with Crippen LogP contribution < -0.4 is 5.73 Å². The van der Waals surface area contributed by atoms with Crippen molar-refractivity contribution in [3.63, 3.8) is 0 Å². The van der Waals surface area contributed by atoms with E-state index in [-0.39, 0.29) is 23.7 Å². The standard InChI is InChI=1S/C13H24N2O2.ClH/c1-3-12(2)4-7-15(10-12)11(16)13(14)5-8-17-9-6-13;/h3-10,14H2,1-2H3;1H. The van der Waals surface area contributed by atoms with E-state index >= 15 is 0 Å². The van der Waals surface area contributed by atoms with Crippen LogP contribution in [0.3, 0.4) is 0 Å². The van der Waals surface area contributed by atoms with Crippen LogP contribution in [0.25, 0.3) is 0 Å². The van der Waals surface area contributed by atoms with Gasteiger partial charge in [-0.15, -0.1) is 12.4 Å². The minimum Gasteiger partial charge on any atom is -0.381 e. The van der Waals surface area contributed by atoms with E-state index in [1.165, 1.54) is 0 Å². The molecule has 5 heteroatoms. The molecule has 18 heavy (non-hydrogen) atoms. The van der Waals surface area contributed by atoms with Gasteiger partial charge >= 0.3 is 0 Å². The highest BCUT2D eigenvalue weighted by molar-refractivity contribution is 5.86. The second-order valence-electron chi connectivity index (χ2n) is 5.91. The molecular formula is C13H25ClN2O2. The largest absolute Gasteiger partial charge is 0.381 e. The van der Waals surface area contributed by atoms with E-state index in [0.717, 1.165) is 25.9 Å². The highest BCUT2D eigenvalue weighted by Crippen LogP contribution is 2.34. The molecule has 0 saturated carbocycles. The Bertz CT molecular complexity index is 305. The van der Waals surface area contributed by atoms with Crippen molar-refractivity contribution in [2.45, 2.75) is 45.1 Å². The molecule has 106 valence electrons. The lowest BCUT2D eigenvalue weighted by Gasteiger charge is -2.35. The Morgan fingerprint density at radius 1 is 1.33 bits per heavy atom.